The molecule has 2 aromatic carbocycles. The number of nitrogens with zero attached hydrogens (tertiary/aromatic N) is 1. The lowest BCUT2D eigenvalue weighted by atomic mass is 10.1. The minimum absolute atomic E-state index is 0.0259. The zero-order chi connectivity index (χ0) is 20.7. The zero-order valence-corrected chi connectivity index (χ0v) is 16.0. The van der Waals surface area contributed by atoms with Crippen LogP contribution >= 0.6 is 0 Å². The summed E-state index contributed by atoms with van der Waals surface area (Å²) in [5.74, 6) is 0.0819. The molecule has 3 rings (SSSR count). The average Bonchev–Trinajstić information content (AvgIpc) is 3.25. The molecule has 0 aliphatic heterocycles. The molecule has 0 fully saturated rings. The molecule has 0 aliphatic rings. The third-order valence-electron chi connectivity index (χ3n) is 3.90. The quantitative estimate of drug-likeness (QED) is 0.584. The first kappa shape index (κ1) is 20.1. The Bertz CT molecular complexity index is 1160. The SMILES string of the molecule is N#Cc1ccc(/C=C/C(=O)Nc2cccc(S(=O)(=O)NCc3ccco3)c2)cc1. The van der Waals surface area contributed by atoms with Crippen molar-refractivity contribution in [2.75, 3.05) is 5.32 Å². The normalized spacial score (nSPS) is 11.3. The van der Waals surface area contributed by atoms with Gasteiger partial charge in [0.1, 0.15) is 5.76 Å². The Hall–Kier alpha value is -3.67. The van der Waals surface area contributed by atoms with Gasteiger partial charge in [0, 0.05) is 11.8 Å². The first-order valence-electron chi connectivity index (χ1n) is 8.58. The maximum atomic E-state index is 12.4. The van der Waals surface area contributed by atoms with Crippen LogP contribution in [-0.4, -0.2) is 14.3 Å². The van der Waals surface area contributed by atoms with Crippen molar-refractivity contribution >= 4 is 27.7 Å². The lowest BCUT2D eigenvalue weighted by Crippen LogP contribution is -2.23. The highest BCUT2D eigenvalue weighted by Gasteiger charge is 2.15. The standard InChI is InChI=1S/C21H17N3O4S/c22-14-17-8-6-16(7-9-17)10-11-21(25)24-18-3-1-5-20(13-18)29(26,27)23-15-19-4-2-12-28-19/h1-13,23H,15H2,(H,24,25)/b11-10+. The fourth-order valence-electron chi connectivity index (χ4n) is 2.43. The van der Waals surface area contributed by atoms with Gasteiger partial charge in [-0.1, -0.05) is 18.2 Å². The van der Waals surface area contributed by atoms with Crippen molar-refractivity contribution in [2.24, 2.45) is 0 Å². The lowest BCUT2D eigenvalue weighted by molar-refractivity contribution is -0.111. The van der Waals surface area contributed by atoms with Crippen LogP contribution in [0.3, 0.4) is 0 Å². The van der Waals surface area contributed by atoms with Gasteiger partial charge >= 0.3 is 0 Å². The van der Waals surface area contributed by atoms with Crippen LogP contribution in [0.2, 0.25) is 0 Å². The molecule has 7 nitrogen and oxygen atoms in total. The highest BCUT2D eigenvalue weighted by Crippen LogP contribution is 2.16. The maximum absolute atomic E-state index is 12.4. The van der Waals surface area contributed by atoms with E-state index in [0.717, 1.165) is 5.56 Å². The molecule has 0 aliphatic carbocycles. The van der Waals surface area contributed by atoms with Gasteiger partial charge in [0.15, 0.2) is 0 Å². The molecule has 0 saturated carbocycles. The summed E-state index contributed by atoms with van der Waals surface area (Å²) in [6, 6.07) is 18.1. The topological polar surface area (TPSA) is 112 Å². The van der Waals surface area contributed by atoms with Crippen LogP contribution in [0.15, 0.2) is 82.3 Å². The Labute approximate surface area is 168 Å². The van der Waals surface area contributed by atoms with E-state index in [9.17, 15) is 13.2 Å². The molecule has 0 spiro atoms. The van der Waals surface area contributed by atoms with E-state index < -0.39 is 15.9 Å². The van der Waals surface area contributed by atoms with Crippen molar-refractivity contribution in [1.29, 1.82) is 5.26 Å². The molecule has 0 saturated heterocycles. The van der Waals surface area contributed by atoms with Crippen LogP contribution in [-0.2, 0) is 21.4 Å². The number of benzene rings is 2. The lowest BCUT2D eigenvalue weighted by Gasteiger charge is -2.08. The van der Waals surface area contributed by atoms with E-state index in [-0.39, 0.29) is 11.4 Å². The summed E-state index contributed by atoms with van der Waals surface area (Å²) in [5, 5.41) is 11.4. The monoisotopic (exact) mass is 407 g/mol. The maximum Gasteiger partial charge on any atom is 0.248 e. The van der Waals surface area contributed by atoms with E-state index in [1.807, 2.05) is 6.07 Å². The summed E-state index contributed by atoms with van der Waals surface area (Å²) in [4.78, 5) is 12.1. The van der Waals surface area contributed by atoms with E-state index in [1.54, 1.807) is 54.6 Å². The van der Waals surface area contributed by atoms with Gasteiger partial charge in [-0.15, -0.1) is 0 Å². The summed E-state index contributed by atoms with van der Waals surface area (Å²) in [7, 11) is -3.76. The largest absolute Gasteiger partial charge is 0.468 e. The highest BCUT2D eigenvalue weighted by molar-refractivity contribution is 7.89. The van der Waals surface area contributed by atoms with E-state index in [1.165, 1.54) is 24.5 Å². The van der Waals surface area contributed by atoms with Crippen molar-refractivity contribution in [3.63, 3.8) is 0 Å². The molecule has 0 radical (unpaired) electrons. The highest BCUT2D eigenvalue weighted by atomic mass is 32.2. The number of nitrogens with one attached hydrogen (secondary N) is 2. The fraction of sp³-hybridized carbons (Fsp3) is 0.0476. The van der Waals surface area contributed by atoms with Crippen LogP contribution in [0.5, 0.6) is 0 Å². The molecule has 0 unspecified atom stereocenters. The summed E-state index contributed by atoms with van der Waals surface area (Å²) >= 11 is 0. The fourth-order valence-corrected chi connectivity index (χ4v) is 3.47. The van der Waals surface area contributed by atoms with Gasteiger partial charge in [0.25, 0.3) is 0 Å². The summed E-state index contributed by atoms with van der Waals surface area (Å²) in [5.41, 5.74) is 1.64. The van der Waals surface area contributed by atoms with E-state index in [2.05, 4.69) is 10.0 Å². The van der Waals surface area contributed by atoms with Gasteiger partial charge in [-0.2, -0.15) is 5.26 Å². The second-order valence-electron chi connectivity index (χ2n) is 5.99. The van der Waals surface area contributed by atoms with Crippen molar-refractivity contribution in [3.05, 3.63) is 89.9 Å². The number of carbonyl (C=O) groups is 1. The predicted molar refractivity (Wildman–Crippen MR) is 108 cm³/mol. The molecule has 146 valence electrons. The van der Waals surface area contributed by atoms with E-state index >= 15 is 0 Å². The zero-order valence-electron chi connectivity index (χ0n) is 15.2. The summed E-state index contributed by atoms with van der Waals surface area (Å²) in [6.07, 6.45) is 4.39. The van der Waals surface area contributed by atoms with E-state index in [0.29, 0.717) is 17.0 Å². The third-order valence-corrected chi connectivity index (χ3v) is 5.29. The number of hydrogen-bond acceptors (Lipinski definition) is 5. The molecule has 1 heterocycles. The molecule has 1 amide bonds. The number of nitriles is 1. The number of sulfonamides is 1. The molecule has 3 aromatic rings. The van der Waals surface area contributed by atoms with Gasteiger partial charge in [0.05, 0.1) is 29.3 Å². The van der Waals surface area contributed by atoms with Crippen LogP contribution in [0.1, 0.15) is 16.9 Å². The molecule has 0 atom stereocenters. The summed E-state index contributed by atoms with van der Waals surface area (Å²) in [6.45, 7) is 0.0270. The third kappa shape index (κ3) is 5.65. The van der Waals surface area contributed by atoms with Crippen LogP contribution in [0.4, 0.5) is 5.69 Å². The average molecular weight is 407 g/mol. The Morgan fingerprint density at radius 3 is 2.59 bits per heavy atom. The van der Waals surface area contributed by atoms with Crippen molar-refractivity contribution in [1.82, 2.24) is 4.72 Å². The Morgan fingerprint density at radius 1 is 1.10 bits per heavy atom. The minimum atomic E-state index is -3.76. The van der Waals surface area contributed by atoms with Crippen LogP contribution in [0.25, 0.3) is 6.08 Å². The van der Waals surface area contributed by atoms with Crippen molar-refractivity contribution in [2.45, 2.75) is 11.4 Å². The van der Waals surface area contributed by atoms with Crippen LogP contribution in [0, 0.1) is 11.3 Å². The number of anilines is 1. The van der Waals surface area contributed by atoms with Gasteiger partial charge in [0.2, 0.25) is 15.9 Å². The van der Waals surface area contributed by atoms with Crippen LogP contribution < -0.4 is 10.0 Å². The van der Waals surface area contributed by atoms with Gasteiger partial charge in [-0.3, -0.25) is 4.79 Å². The van der Waals surface area contributed by atoms with Gasteiger partial charge < -0.3 is 9.73 Å². The first-order chi connectivity index (χ1) is 14.0. The smallest absolute Gasteiger partial charge is 0.248 e. The minimum Gasteiger partial charge on any atom is -0.468 e. The first-order valence-corrected chi connectivity index (χ1v) is 10.1. The predicted octanol–water partition coefficient (Wildman–Crippen LogP) is 3.28. The van der Waals surface area contributed by atoms with Crippen molar-refractivity contribution in [3.8, 4) is 6.07 Å². The molecule has 8 heteroatoms. The second kappa shape index (κ2) is 9.01. The number of amides is 1. The van der Waals surface area contributed by atoms with Gasteiger partial charge in [-0.25, -0.2) is 13.1 Å². The molecular formula is C21H17N3O4S. The number of hydrogen-bond donors (Lipinski definition) is 2. The number of rotatable bonds is 7. The second-order valence-corrected chi connectivity index (χ2v) is 7.76. The number of furan rings is 1. The Kier molecular flexibility index (Phi) is 6.24. The summed E-state index contributed by atoms with van der Waals surface area (Å²) < 4.78 is 32.4. The molecule has 2 N–H and O–H groups in total. The molecule has 0 bridgehead atoms. The Balaban J connectivity index is 1.64. The van der Waals surface area contributed by atoms with Gasteiger partial charge in [-0.05, 0) is 54.1 Å². The van der Waals surface area contributed by atoms with Crippen molar-refractivity contribution < 1.29 is 17.6 Å². The Morgan fingerprint density at radius 2 is 1.90 bits per heavy atom. The molecule has 29 heavy (non-hydrogen) atoms. The molecule has 1 aromatic heterocycles. The molecular weight excluding hydrogens is 390 g/mol. The van der Waals surface area contributed by atoms with E-state index in [4.69, 9.17) is 9.68 Å². The number of carbonyl (C=O) groups excluding carboxylic acids is 1.